The van der Waals surface area contributed by atoms with Gasteiger partial charge < -0.3 is 9.79 Å². The van der Waals surface area contributed by atoms with Gasteiger partial charge in [-0.1, -0.05) is 32.6 Å². The summed E-state index contributed by atoms with van der Waals surface area (Å²) >= 11 is 0. The molecular formula is C8H19O7P2+. The third kappa shape index (κ3) is 6.58. The Labute approximate surface area is 100 Å². The Morgan fingerprint density at radius 2 is 1.71 bits per heavy atom. The monoisotopic (exact) mass is 289 g/mol. The van der Waals surface area contributed by atoms with Crippen molar-refractivity contribution in [3.05, 3.63) is 0 Å². The Bertz CT molecular complexity index is 293. The van der Waals surface area contributed by atoms with Crippen molar-refractivity contribution in [1.29, 1.82) is 0 Å². The Hall–Kier alpha value is 0.130. The van der Waals surface area contributed by atoms with Gasteiger partial charge in [0.2, 0.25) is 0 Å². The van der Waals surface area contributed by atoms with Gasteiger partial charge in [0.1, 0.15) is 0 Å². The van der Waals surface area contributed by atoms with Crippen LogP contribution in [0.4, 0.5) is 0 Å². The van der Waals surface area contributed by atoms with Crippen LogP contribution >= 0.6 is 15.5 Å². The van der Waals surface area contributed by atoms with E-state index in [1.807, 2.05) is 6.92 Å². The number of carbonyl (C=O) groups is 1. The Kier molecular flexibility index (Phi) is 6.95. The predicted molar refractivity (Wildman–Crippen MR) is 63.2 cm³/mol. The van der Waals surface area contributed by atoms with Gasteiger partial charge in [-0.3, -0.25) is 4.57 Å². The van der Waals surface area contributed by atoms with Crippen LogP contribution in [0.3, 0.4) is 0 Å². The molecule has 0 spiro atoms. The fourth-order valence-corrected chi connectivity index (χ4v) is 3.65. The summed E-state index contributed by atoms with van der Waals surface area (Å²) in [5, 5.41) is 0. The average Bonchev–Trinajstić information content (AvgIpc) is 2.13. The van der Waals surface area contributed by atoms with Crippen molar-refractivity contribution in [1.82, 2.24) is 0 Å². The summed E-state index contributed by atoms with van der Waals surface area (Å²) in [7, 11) is -9.62. The lowest BCUT2D eigenvalue weighted by molar-refractivity contribution is -0.114. The second kappa shape index (κ2) is 6.90. The van der Waals surface area contributed by atoms with E-state index >= 15 is 0 Å². The molecular weight excluding hydrogens is 270 g/mol. The van der Waals surface area contributed by atoms with E-state index in [9.17, 15) is 9.36 Å². The standard InChI is InChI=1S/C8H18O7P2/c1-2-3-4-5-6-7(16(10,11)12)8(9)17(13,14)15/h7,13-15H,2-6H2,1H3,(H-,10,11,12)/p+1. The lowest BCUT2D eigenvalue weighted by Gasteiger charge is -2.15. The fraction of sp³-hybridized carbons (Fsp3) is 0.875. The highest BCUT2D eigenvalue weighted by molar-refractivity contribution is 7.78. The van der Waals surface area contributed by atoms with Gasteiger partial charge in [-0.25, -0.2) is 4.79 Å². The van der Waals surface area contributed by atoms with Crippen LogP contribution < -0.4 is 0 Å². The lowest BCUT2D eigenvalue weighted by Crippen LogP contribution is -2.23. The van der Waals surface area contributed by atoms with Gasteiger partial charge >= 0.3 is 21.1 Å². The molecule has 9 heteroatoms. The third-order valence-electron chi connectivity index (χ3n) is 2.32. The van der Waals surface area contributed by atoms with E-state index in [0.29, 0.717) is 12.8 Å². The summed E-state index contributed by atoms with van der Waals surface area (Å²) < 4.78 is 11.0. The molecule has 5 N–H and O–H groups in total. The normalized spacial score (nSPS) is 14.7. The molecule has 0 saturated heterocycles. The van der Waals surface area contributed by atoms with Crippen molar-refractivity contribution in [2.75, 3.05) is 0 Å². The summed E-state index contributed by atoms with van der Waals surface area (Å²) in [6, 6.07) is 0. The topological polar surface area (TPSA) is 135 Å². The van der Waals surface area contributed by atoms with Crippen molar-refractivity contribution < 1.29 is 33.8 Å². The predicted octanol–water partition coefficient (Wildman–Crippen LogP) is 0.769. The maximum Gasteiger partial charge on any atom is 0.479 e. The second-order valence-corrected chi connectivity index (χ2v) is 7.24. The molecule has 0 bridgehead atoms. The molecule has 0 heterocycles. The summed E-state index contributed by atoms with van der Waals surface area (Å²) in [6.45, 7) is 1.96. The number of hydrogen-bond acceptors (Lipinski definition) is 5. The first-order valence-electron chi connectivity index (χ1n) is 5.27. The molecule has 0 aromatic rings. The van der Waals surface area contributed by atoms with Gasteiger partial charge in [-0.05, 0) is 6.42 Å². The molecule has 0 saturated carbocycles. The van der Waals surface area contributed by atoms with Crippen molar-refractivity contribution in [3.8, 4) is 0 Å². The molecule has 0 aliphatic rings. The van der Waals surface area contributed by atoms with Crippen LogP contribution in [0.25, 0.3) is 0 Å². The number of unbranched alkanes of at least 4 members (excludes halogenated alkanes) is 3. The Balaban J connectivity index is 4.58. The SMILES string of the molecule is CCCCCCC(C(=O)[P+](O)(O)O)P(=O)(O)O. The molecule has 102 valence electrons. The number of rotatable bonds is 8. The molecule has 0 rings (SSSR count). The van der Waals surface area contributed by atoms with Crippen molar-refractivity contribution in [2.24, 2.45) is 0 Å². The van der Waals surface area contributed by atoms with Gasteiger partial charge in [-0.15, -0.1) is 0 Å². The van der Waals surface area contributed by atoms with Gasteiger partial charge in [0.15, 0.2) is 5.66 Å². The third-order valence-corrected chi connectivity index (χ3v) is 4.73. The number of hydrogen-bond donors (Lipinski definition) is 5. The fourth-order valence-electron chi connectivity index (χ4n) is 1.40. The first-order valence-corrected chi connectivity index (χ1v) is 8.60. The molecule has 0 aliphatic heterocycles. The molecule has 0 fully saturated rings. The minimum Gasteiger partial charge on any atom is -0.324 e. The maximum absolute atomic E-state index is 11.3. The van der Waals surface area contributed by atoms with Crippen LogP contribution in [0.5, 0.6) is 0 Å². The zero-order valence-corrected chi connectivity index (χ0v) is 11.3. The van der Waals surface area contributed by atoms with Crippen LogP contribution in [0, 0.1) is 0 Å². The van der Waals surface area contributed by atoms with E-state index in [4.69, 9.17) is 24.5 Å². The molecule has 7 nitrogen and oxygen atoms in total. The molecule has 0 amide bonds. The van der Waals surface area contributed by atoms with E-state index < -0.39 is 26.7 Å². The van der Waals surface area contributed by atoms with Crippen LogP contribution in [-0.4, -0.2) is 35.7 Å². The highest BCUT2D eigenvalue weighted by Crippen LogP contribution is 2.55. The van der Waals surface area contributed by atoms with Gasteiger partial charge in [-0.2, -0.15) is 14.7 Å². The van der Waals surface area contributed by atoms with Gasteiger partial charge in [0, 0.05) is 0 Å². The summed E-state index contributed by atoms with van der Waals surface area (Å²) in [5.41, 5.74) is -3.38. The van der Waals surface area contributed by atoms with Gasteiger partial charge in [0.25, 0.3) is 0 Å². The first-order chi connectivity index (χ1) is 7.60. The average molecular weight is 289 g/mol. The van der Waals surface area contributed by atoms with Crippen molar-refractivity contribution in [3.63, 3.8) is 0 Å². The Morgan fingerprint density at radius 3 is 2.06 bits per heavy atom. The molecule has 1 unspecified atom stereocenters. The summed E-state index contributed by atoms with van der Waals surface area (Å²) in [4.78, 5) is 55.4. The maximum atomic E-state index is 11.3. The number of carbonyl (C=O) groups excluding carboxylic acids is 1. The van der Waals surface area contributed by atoms with E-state index in [1.54, 1.807) is 0 Å². The quantitative estimate of drug-likeness (QED) is 0.329. The molecule has 0 aromatic heterocycles. The smallest absolute Gasteiger partial charge is 0.324 e. The van der Waals surface area contributed by atoms with Crippen LogP contribution in [0.1, 0.15) is 39.0 Å². The largest absolute Gasteiger partial charge is 0.479 e. The minimum absolute atomic E-state index is 0.160. The van der Waals surface area contributed by atoms with Crippen molar-refractivity contribution >= 4 is 21.1 Å². The van der Waals surface area contributed by atoms with Gasteiger partial charge in [0.05, 0.1) is 0 Å². The van der Waals surface area contributed by atoms with E-state index in [-0.39, 0.29) is 6.42 Å². The zero-order chi connectivity index (χ0) is 13.7. The Morgan fingerprint density at radius 1 is 1.18 bits per heavy atom. The van der Waals surface area contributed by atoms with Crippen LogP contribution in [0.2, 0.25) is 0 Å². The highest BCUT2D eigenvalue weighted by atomic mass is 31.2. The van der Waals surface area contributed by atoms with Crippen LogP contribution in [0.15, 0.2) is 0 Å². The lowest BCUT2D eigenvalue weighted by atomic mass is 10.1. The second-order valence-electron chi connectivity index (χ2n) is 3.86. The zero-order valence-electron chi connectivity index (χ0n) is 9.56. The molecule has 1 atom stereocenters. The van der Waals surface area contributed by atoms with Crippen molar-refractivity contribution in [2.45, 2.75) is 44.7 Å². The summed E-state index contributed by atoms with van der Waals surface area (Å²) in [5.74, 6) is 0. The van der Waals surface area contributed by atoms with E-state index in [0.717, 1.165) is 12.8 Å². The van der Waals surface area contributed by atoms with E-state index in [1.165, 1.54) is 0 Å². The summed E-state index contributed by atoms with van der Waals surface area (Å²) in [6.07, 6.45) is 2.70. The minimum atomic E-state index is -4.85. The molecule has 17 heavy (non-hydrogen) atoms. The van der Waals surface area contributed by atoms with Crippen LogP contribution in [-0.2, 0) is 9.36 Å². The van der Waals surface area contributed by atoms with E-state index in [2.05, 4.69) is 0 Å². The highest BCUT2D eigenvalue weighted by Gasteiger charge is 2.53. The molecule has 0 aliphatic carbocycles. The molecule has 0 radical (unpaired) electrons. The molecule has 0 aromatic carbocycles. The first kappa shape index (κ1) is 17.1.